The molecule has 0 aliphatic carbocycles. The van der Waals surface area contributed by atoms with Gasteiger partial charge in [-0.2, -0.15) is 0 Å². The van der Waals surface area contributed by atoms with Crippen molar-refractivity contribution in [3.8, 4) is 0 Å². The van der Waals surface area contributed by atoms with E-state index in [1.807, 2.05) is 20.8 Å². The lowest BCUT2D eigenvalue weighted by Crippen LogP contribution is -2.17. The van der Waals surface area contributed by atoms with Crippen LogP contribution in [-0.2, 0) is 6.54 Å². The van der Waals surface area contributed by atoms with Crippen molar-refractivity contribution in [3.63, 3.8) is 0 Å². The van der Waals surface area contributed by atoms with Crippen molar-refractivity contribution in [2.24, 2.45) is 0 Å². The minimum atomic E-state index is -2.55. The van der Waals surface area contributed by atoms with Crippen LogP contribution in [-0.4, -0.2) is 16.5 Å². The zero-order valence-corrected chi connectivity index (χ0v) is 11.2. The van der Waals surface area contributed by atoms with Crippen LogP contribution in [0.4, 0.5) is 8.78 Å². The molecule has 1 aromatic heterocycles. The molecule has 1 N–H and O–H groups in total. The Morgan fingerprint density at radius 1 is 1.33 bits per heavy atom. The van der Waals surface area contributed by atoms with E-state index in [-0.39, 0.29) is 11.6 Å². The minimum Gasteiger partial charge on any atom is -0.313 e. The normalized spacial score (nSPS) is 13.0. The molecule has 1 rings (SSSR count). The molecule has 1 aromatic rings. The summed E-state index contributed by atoms with van der Waals surface area (Å²) in [6.45, 7) is 7.17. The van der Waals surface area contributed by atoms with Crippen LogP contribution in [0.3, 0.4) is 0 Å². The molecular formula is C13H21F2N3. The molecule has 0 fully saturated rings. The highest BCUT2D eigenvalue weighted by molar-refractivity contribution is 5.19. The summed E-state index contributed by atoms with van der Waals surface area (Å²) in [5.41, 5.74) is 0.356. The lowest BCUT2D eigenvalue weighted by Gasteiger charge is -2.12. The molecule has 0 radical (unpaired) electrons. The number of halogens is 2. The molecule has 1 unspecified atom stereocenters. The van der Waals surface area contributed by atoms with E-state index in [1.54, 1.807) is 0 Å². The summed E-state index contributed by atoms with van der Waals surface area (Å²) >= 11 is 0. The molecule has 18 heavy (non-hydrogen) atoms. The van der Waals surface area contributed by atoms with Gasteiger partial charge in [-0.3, -0.25) is 0 Å². The van der Waals surface area contributed by atoms with E-state index >= 15 is 0 Å². The number of rotatable bonds is 7. The Bertz CT molecular complexity index is 369. The van der Waals surface area contributed by atoms with E-state index < -0.39 is 6.43 Å². The van der Waals surface area contributed by atoms with Gasteiger partial charge < -0.3 is 5.32 Å². The van der Waals surface area contributed by atoms with Gasteiger partial charge in [0, 0.05) is 24.2 Å². The molecule has 0 amide bonds. The van der Waals surface area contributed by atoms with Crippen LogP contribution in [0, 0.1) is 0 Å². The lowest BCUT2D eigenvalue weighted by atomic mass is 10.1. The van der Waals surface area contributed by atoms with Gasteiger partial charge >= 0.3 is 0 Å². The smallest absolute Gasteiger partial charge is 0.280 e. The van der Waals surface area contributed by atoms with Gasteiger partial charge in [0.05, 0.1) is 0 Å². The van der Waals surface area contributed by atoms with Crippen LogP contribution in [0.5, 0.6) is 0 Å². The summed E-state index contributed by atoms with van der Waals surface area (Å²) in [6.07, 6.45) is 0.791. The number of nitrogens with one attached hydrogen (secondary N) is 1. The molecule has 102 valence electrons. The summed E-state index contributed by atoms with van der Waals surface area (Å²) in [6, 6.07) is 0. The first kappa shape index (κ1) is 15.0. The largest absolute Gasteiger partial charge is 0.313 e. The Kier molecular flexibility index (Phi) is 6.12. The average molecular weight is 257 g/mol. The molecule has 0 bridgehead atoms. The fourth-order valence-electron chi connectivity index (χ4n) is 1.58. The summed E-state index contributed by atoms with van der Waals surface area (Å²) < 4.78 is 25.9. The number of alkyl halides is 2. The van der Waals surface area contributed by atoms with Gasteiger partial charge in [0.2, 0.25) is 0 Å². The predicted molar refractivity (Wildman–Crippen MR) is 67.7 cm³/mol. The van der Waals surface area contributed by atoms with Gasteiger partial charge in [-0.25, -0.2) is 18.7 Å². The van der Waals surface area contributed by atoms with E-state index in [2.05, 4.69) is 15.3 Å². The highest BCUT2D eigenvalue weighted by Crippen LogP contribution is 2.23. The van der Waals surface area contributed by atoms with Gasteiger partial charge in [-0.1, -0.05) is 20.8 Å². The highest BCUT2D eigenvalue weighted by Gasteiger charge is 2.18. The Morgan fingerprint density at radius 3 is 2.61 bits per heavy atom. The third kappa shape index (κ3) is 3.98. The Labute approximate surface area is 107 Å². The standard InChI is InChI=1S/C13H21F2N3/c1-4-6-16-7-10-8-17-13(9(3)5-2)18-11(10)12(14)15/h8-9,12,16H,4-7H2,1-3H3. The van der Waals surface area contributed by atoms with Crippen molar-refractivity contribution in [2.45, 2.75) is 52.5 Å². The highest BCUT2D eigenvalue weighted by atomic mass is 19.3. The van der Waals surface area contributed by atoms with Gasteiger partial charge in [0.25, 0.3) is 6.43 Å². The number of nitrogens with zero attached hydrogens (tertiary/aromatic N) is 2. The van der Waals surface area contributed by atoms with Crippen LogP contribution in [0.2, 0.25) is 0 Å². The maximum absolute atomic E-state index is 13.0. The van der Waals surface area contributed by atoms with Crippen LogP contribution in [0.1, 0.15) is 63.0 Å². The summed E-state index contributed by atoms with van der Waals surface area (Å²) in [5.74, 6) is 0.618. The number of hydrogen-bond acceptors (Lipinski definition) is 3. The second-order valence-electron chi connectivity index (χ2n) is 4.43. The average Bonchev–Trinajstić information content (AvgIpc) is 2.38. The molecular weight excluding hydrogens is 236 g/mol. The maximum Gasteiger partial charge on any atom is 0.280 e. The third-order valence-electron chi connectivity index (χ3n) is 2.92. The molecule has 0 saturated heterocycles. The minimum absolute atomic E-state index is 0.111. The predicted octanol–water partition coefficient (Wildman–Crippen LogP) is 3.43. The second kappa shape index (κ2) is 7.36. The molecule has 0 spiro atoms. The second-order valence-corrected chi connectivity index (χ2v) is 4.43. The first-order chi connectivity index (χ1) is 8.60. The zero-order chi connectivity index (χ0) is 13.5. The third-order valence-corrected chi connectivity index (χ3v) is 2.92. The van der Waals surface area contributed by atoms with Crippen molar-refractivity contribution in [3.05, 3.63) is 23.3 Å². The topological polar surface area (TPSA) is 37.8 Å². The monoisotopic (exact) mass is 257 g/mol. The summed E-state index contributed by atoms with van der Waals surface area (Å²) in [4.78, 5) is 8.21. The van der Waals surface area contributed by atoms with Crippen LogP contribution >= 0.6 is 0 Å². The maximum atomic E-state index is 13.0. The van der Waals surface area contributed by atoms with Crippen molar-refractivity contribution < 1.29 is 8.78 Å². The van der Waals surface area contributed by atoms with E-state index in [1.165, 1.54) is 6.20 Å². The van der Waals surface area contributed by atoms with Crippen LogP contribution in [0.15, 0.2) is 6.20 Å². The SMILES string of the molecule is CCCNCc1cnc(C(C)CC)nc1C(F)F. The number of hydrogen-bond donors (Lipinski definition) is 1. The molecule has 5 heteroatoms. The van der Waals surface area contributed by atoms with Crippen molar-refractivity contribution in [1.29, 1.82) is 0 Å². The van der Waals surface area contributed by atoms with Gasteiger partial charge in [0.15, 0.2) is 0 Å². The molecule has 1 heterocycles. The van der Waals surface area contributed by atoms with Crippen LogP contribution < -0.4 is 5.32 Å². The first-order valence-electron chi connectivity index (χ1n) is 6.44. The number of aromatic nitrogens is 2. The van der Waals surface area contributed by atoms with E-state index in [4.69, 9.17) is 0 Å². The fraction of sp³-hybridized carbons (Fsp3) is 0.692. The first-order valence-corrected chi connectivity index (χ1v) is 6.44. The van der Waals surface area contributed by atoms with E-state index in [0.717, 1.165) is 19.4 Å². The van der Waals surface area contributed by atoms with Gasteiger partial charge in [-0.05, 0) is 19.4 Å². The molecule has 3 nitrogen and oxygen atoms in total. The van der Waals surface area contributed by atoms with Crippen molar-refractivity contribution in [1.82, 2.24) is 15.3 Å². The quantitative estimate of drug-likeness (QED) is 0.760. The summed E-state index contributed by atoms with van der Waals surface area (Å²) in [5, 5.41) is 3.10. The zero-order valence-electron chi connectivity index (χ0n) is 11.2. The molecule has 0 aromatic carbocycles. The van der Waals surface area contributed by atoms with E-state index in [0.29, 0.717) is 17.9 Å². The Morgan fingerprint density at radius 2 is 2.06 bits per heavy atom. The van der Waals surface area contributed by atoms with Crippen molar-refractivity contribution >= 4 is 0 Å². The van der Waals surface area contributed by atoms with Crippen LogP contribution in [0.25, 0.3) is 0 Å². The Balaban J connectivity index is 2.90. The fourth-order valence-corrected chi connectivity index (χ4v) is 1.58. The molecule has 0 aliphatic heterocycles. The Hall–Kier alpha value is -1.10. The van der Waals surface area contributed by atoms with Gasteiger partial charge in [0.1, 0.15) is 11.5 Å². The van der Waals surface area contributed by atoms with E-state index in [9.17, 15) is 8.78 Å². The van der Waals surface area contributed by atoms with Gasteiger partial charge in [-0.15, -0.1) is 0 Å². The molecule has 0 aliphatic rings. The lowest BCUT2D eigenvalue weighted by molar-refractivity contribution is 0.144. The summed E-state index contributed by atoms with van der Waals surface area (Å²) in [7, 11) is 0. The molecule has 0 saturated carbocycles. The van der Waals surface area contributed by atoms with Crippen molar-refractivity contribution in [2.75, 3.05) is 6.54 Å². The molecule has 1 atom stereocenters.